The van der Waals surface area contributed by atoms with Crippen molar-refractivity contribution in [3.63, 3.8) is 0 Å². The Morgan fingerprint density at radius 3 is 2.67 bits per heavy atom. The summed E-state index contributed by atoms with van der Waals surface area (Å²) in [5, 5.41) is 5.02. The van der Waals surface area contributed by atoms with Crippen LogP contribution in [0.1, 0.15) is 29.8 Å². The number of nitrogens with zero attached hydrogens (tertiary/aromatic N) is 1. The normalized spacial score (nSPS) is 12.1. The third-order valence-corrected chi connectivity index (χ3v) is 4.83. The molecule has 0 bridgehead atoms. The second kappa shape index (κ2) is 7.78. The number of para-hydroxylation sites is 1. The minimum Gasteiger partial charge on any atom is -0.610 e. The van der Waals surface area contributed by atoms with Crippen molar-refractivity contribution >= 4 is 39.5 Å². The highest BCUT2D eigenvalue weighted by Crippen LogP contribution is 2.26. The van der Waals surface area contributed by atoms with E-state index in [9.17, 15) is 14.1 Å². The van der Waals surface area contributed by atoms with Crippen LogP contribution in [0, 0.1) is 12.8 Å². The van der Waals surface area contributed by atoms with Crippen LogP contribution in [0.3, 0.4) is 0 Å². The van der Waals surface area contributed by atoms with E-state index in [0.29, 0.717) is 15.7 Å². The molecule has 1 N–H and O–H groups in total. The van der Waals surface area contributed by atoms with Crippen LogP contribution in [0.15, 0.2) is 28.6 Å². The lowest BCUT2D eigenvalue weighted by Crippen LogP contribution is -2.19. The monoisotopic (exact) mass is 366 g/mol. The smallest absolute Gasteiger partial charge is 0.313 e. The van der Waals surface area contributed by atoms with Crippen LogP contribution in [0.5, 0.6) is 5.75 Å². The Morgan fingerprint density at radius 1 is 1.38 bits per heavy atom. The number of aromatic nitrogens is 1. The maximum Gasteiger partial charge on any atom is 0.313 e. The number of carbonyl (C=O) groups is 2. The number of hydrogen-bond donors (Lipinski definition) is 1. The number of carbonyl (C=O) groups excluding carboxylic acids is 2. The minimum absolute atomic E-state index is 0.240. The maximum absolute atomic E-state index is 12.5. The molecule has 6 nitrogen and oxygen atoms in total. The topological polar surface area (TPSA) is 91.3 Å². The molecule has 1 heterocycles. The summed E-state index contributed by atoms with van der Waals surface area (Å²) in [6.07, 6.45) is 1.52. The molecular weight excluding hydrogens is 348 g/mol. The SMILES string of the molecule is Cc1cccc(C(=O)Nc2nc([S+](C)[O-])cs2)c1OC(=O)C(C)C. The van der Waals surface area contributed by atoms with Crippen molar-refractivity contribution in [1.82, 2.24) is 4.98 Å². The van der Waals surface area contributed by atoms with E-state index in [1.807, 2.05) is 0 Å². The Hall–Kier alpha value is -1.90. The van der Waals surface area contributed by atoms with Crippen LogP contribution in [-0.2, 0) is 16.0 Å². The highest BCUT2D eigenvalue weighted by Gasteiger charge is 2.20. The molecule has 0 aliphatic carbocycles. The van der Waals surface area contributed by atoms with Gasteiger partial charge in [0.1, 0.15) is 12.0 Å². The van der Waals surface area contributed by atoms with E-state index in [-0.39, 0.29) is 17.2 Å². The van der Waals surface area contributed by atoms with Crippen LogP contribution in [0.25, 0.3) is 0 Å². The molecule has 0 fully saturated rings. The van der Waals surface area contributed by atoms with E-state index in [4.69, 9.17) is 4.74 Å². The summed E-state index contributed by atoms with van der Waals surface area (Å²) < 4.78 is 16.8. The first-order chi connectivity index (χ1) is 11.3. The molecule has 2 aromatic rings. The average Bonchev–Trinajstić information content (AvgIpc) is 2.97. The largest absolute Gasteiger partial charge is 0.610 e. The number of nitrogens with one attached hydrogen (secondary N) is 1. The van der Waals surface area contributed by atoms with E-state index in [2.05, 4.69) is 10.3 Å². The zero-order valence-electron chi connectivity index (χ0n) is 13.8. The fourth-order valence-corrected chi connectivity index (χ4v) is 3.33. The molecule has 1 amide bonds. The number of aryl methyl sites for hydroxylation is 1. The number of amides is 1. The molecule has 0 aliphatic rings. The summed E-state index contributed by atoms with van der Waals surface area (Å²) >= 11 is -0.0241. The zero-order valence-corrected chi connectivity index (χ0v) is 15.4. The molecule has 1 aromatic heterocycles. The lowest BCUT2D eigenvalue weighted by Gasteiger charge is -2.13. The molecule has 1 unspecified atom stereocenters. The molecule has 0 saturated carbocycles. The second-order valence-corrected chi connectivity index (χ2v) is 7.61. The van der Waals surface area contributed by atoms with Crippen molar-refractivity contribution in [2.45, 2.75) is 25.8 Å². The molecular formula is C16H18N2O4S2. The third-order valence-electron chi connectivity index (χ3n) is 3.13. The lowest BCUT2D eigenvalue weighted by molar-refractivity contribution is -0.137. The summed E-state index contributed by atoms with van der Waals surface area (Å²) in [4.78, 5) is 28.5. The molecule has 0 aliphatic heterocycles. The summed E-state index contributed by atoms with van der Waals surface area (Å²) in [5.41, 5.74) is 0.935. The first-order valence-electron chi connectivity index (χ1n) is 7.21. The second-order valence-electron chi connectivity index (χ2n) is 5.43. The highest BCUT2D eigenvalue weighted by molar-refractivity contribution is 7.90. The number of thiazole rings is 1. The van der Waals surface area contributed by atoms with Gasteiger partial charge in [-0.2, -0.15) is 4.98 Å². The standard InChI is InChI=1S/C16H18N2O4S2/c1-9(2)15(20)22-13-10(3)6-5-7-11(13)14(19)18-16-17-12(8-23-16)24(4)21/h5-9H,1-4H3,(H,17,18,19). The van der Waals surface area contributed by atoms with Gasteiger partial charge in [0.25, 0.3) is 10.9 Å². The number of benzene rings is 1. The van der Waals surface area contributed by atoms with Gasteiger partial charge < -0.3 is 9.29 Å². The molecule has 128 valence electrons. The van der Waals surface area contributed by atoms with Crippen LogP contribution in [-0.4, -0.2) is 27.7 Å². The van der Waals surface area contributed by atoms with Gasteiger partial charge >= 0.3 is 5.97 Å². The van der Waals surface area contributed by atoms with E-state index in [1.54, 1.807) is 44.4 Å². The minimum atomic E-state index is -1.21. The van der Waals surface area contributed by atoms with Crippen LogP contribution < -0.4 is 10.1 Å². The van der Waals surface area contributed by atoms with E-state index < -0.39 is 23.1 Å². The highest BCUT2D eigenvalue weighted by atomic mass is 32.2. The van der Waals surface area contributed by atoms with Crippen molar-refractivity contribution in [2.24, 2.45) is 5.92 Å². The van der Waals surface area contributed by atoms with Gasteiger partial charge in [0.05, 0.1) is 16.9 Å². The van der Waals surface area contributed by atoms with Gasteiger partial charge in [-0.05, 0) is 18.6 Å². The molecule has 0 spiro atoms. The average molecular weight is 366 g/mol. The van der Waals surface area contributed by atoms with Gasteiger partial charge in [-0.25, -0.2) is 0 Å². The van der Waals surface area contributed by atoms with Crippen molar-refractivity contribution < 1.29 is 18.9 Å². The Morgan fingerprint density at radius 2 is 2.08 bits per heavy atom. The molecule has 2 rings (SSSR count). The summed E-state index contributed by atoms with van der Waals surface area (Å²) in [7, 11) is 0. The first-order valence-corrected chi connectivity index (χ1v) is 9.65. The Balaban J connectivity index is 2.25. The lowest BCUT2D eigenvalue weighted by atomic mass is 10.1. The van der Waals surface area contributed by atoms with Crippen LogP contribution in [0.2, 0.25) is 0 Å². The Bertz CT molecular complexity index is 756. The molecule has 1 atom stereocenters. The third kappa shape index (κ3) is 4.34. The molecule has 0 saturated heterocycles. The number of anilines is 1. The summed E-state index contributed by atoms with van der Waals surface area (Å²) in [6.45, 7) is 5.21. The first kappa shape index (κ1) is 18.4. The van der Waals surface area contributed by atoms with E-state index in [1.165, 1.54) is 17.6 Å². The number of hydrogen-bond acceptors (Lipinski definition) is 6. The van der Waals surface area contributed by atoms with Gasteiger partial charge in [-0.15, -0.1) is 0 Å². The molecule has 1 aromatic carbocycles. The van der Waals surface area contributed by atoms with Crippen LogP contribution in [0.4, 0.5) is 5.13 Å². The molecule has 0 radical (unpaired) electrons. The fourth-order valence-electron chi connectivity index (χ4n) is 1.80. The van der Waals surface area contributed by atoms with Gasteiger partial charge in [-0.1, -0.05) is 37.3 Å². The molecule has 8 heteroatoms. The van der Waals surface area contributed by atoms with Gasteiger partial charge in [0.15, 0.2) is 5.13 Å². The van der Waals surface area contributed by atoms with Crippen molar-refractivity contribution in [2.75, 3.05) is 11.6 Å². The summed E-state index contributed by atoms with van der Waals surface area (Å²) in [6, 6.07) is 5.06. The van der Waals surface area contributed by atoms with Gasteiger partial charge in [-0.3, -0.25) is 14.9 Å². The van der Waals surface area contributed by atoms with Crippen molar-refractivity contribution in [1.29, 1.82) is 0 Å². The van der Waals surface area contributed by atoms with Crippen molar-refractivity contribution in [3.8, 4) is 5.75 Å². The van der Waals surface area contributed by atoms with Gasteiger partial charge in [0.2, 0.25) is 0 Å². The Labute approximate surface area is 147 Å². The van der Waals surface area contributed by atoms with Crippen molar-refractivity contribution in [3.05, 3.63) is 34.7 Å². The van der Waals surface area contributed by atoms with E-state index in [0.717, 1.165) is 0 Å². The summed E-state index contributed by atoms with van der Waals surface area (Å²) in [5.74, 6) is -0.907. The predicted octanol–water partition coefficient (Wildman–Crippen LogP) is 3.00. The Kier molecular flexibility index (Phi) is 5.98. The number of esters is 1. The predicted molar refractivity (Wildman–Crippen MR) is 94.1 cm³/mol. The number of ether oxygens (including phenoxy) is 1. The fraction of sp³-hybridized carbons (Fsp3) is 0.312. The number of rotatable bonds is 5. The van der Waals surface area contributed by atoms with E-state index >= 15 is 0 Å². The quantitative estimate of drug-likeness (QED) is 0.499. The molecule has 24 heavy (non-hydrogen) atoms. The van der Waals surface area contributed by atoms with Crippen LogP contribution >= 0.6 is 11.3 Å². The zero-order chi connectivity index (χ0) is 17.9. The van der Waals surface area contributed by atoms with Gasteiger partial charge in [0, 0.05) is 11.2 Å². The maximum atomic E-state index is 12.5.